The number of nitrogens with one attached hydrogen (secondary N) is 2. The van der Waals surface area contributed by atoms with E-state index in [-0.39, 0.29) is 11.9 Å². The normalized spacial score (nSPS) is 20.7. The van der Waals surface area contributed by atoms with Crippen molar-refractivity contribution in [3.63, 3.8) is 0 Å². The number of aromatic nitrogens is 1. The van der Waals surface area contributed by atoms with Gasteiger partial charge in [-0.25, -0.2) is 4.98 Å². The molecule has 1 aromatic rings. The Balaban J connectivity index is 1.79. The molecule has 0 saturated carbocycles. The van der Waals surface area contributed by atoms with Crippen LogP contribution in [0.3, 0.4) is 0 Å². The first kappa shape index (κ1) is 11.5. The van der Waals surface area contributed by atoms with E-state index in [4.69, 9.17) is 4.74 Å². The minimum absolute atomic E-state index is 0.114. The van der Waals surface area contributed by atoms with E-state index in [9.17, 15) is 4.79 Å². The Morgan fingerprint density at radius 3 is 3.31 bits per heavy atom. The molecule has 2 rings (SSSR count). The van der Waals surface area contributed by atoms with E-state index in [0.717, 1.165) is 18.2 Å². The highest BCUT2D eigenvalue weighted by atomic mass is 32.1. The molecule has 0 bridgehead atoms. The molecule has 0 radical (unpaired) electrons. The predicted octanol–water partition coefficient (Wildman–Crippen LogP) is 0.170. The van der Waals surface area contributed by atoms with Gasteiger partial charge in [-0.2, -0.15) is 0 Å². The molecule has 1 aliphatic rings. The number of amides is 1. The molecule has 1 unspecified atom stereocenters. The monoisotopic (exact) mass is 241 g/mol. The van der Waals surface area contributed by atoms with E-state index in [1.165, 1.54) is 11.3 Å². The average Bonchev–Trinajstić information content (AvgIpc) is 2.74. The third kappa shape index (κ3) is 3.01. The fourth-order valence-corrected chi connectivity index (χ4v) is 2.12. The van der Waals surface area contributed by atoms with E-state index in [2.05, 4.69) is 15.6 Å². The lowest BCUT2D eigenvalue weighted by Gasteiger charge is -2.23. The Morgan fingerprint density at radius 1 is 1.81 bits per heavy atom. The molecular weight excluding hydrogens is 226 g/mol. The van der Waals surface area contributed by atoms with Crippen molar-refractivity contribution in [1.82, 2.24) is 15.6 Å². The number of nitrogens with zero attached hydrogens (tertiary/aromatic N) is 1. The molecule has 1 aromatic heterocycles. The van der Waals surface area contributed by atoms with Crippen LogP contribution in [-0.2, 0) is 4.74 Å². The highest BCUT2D eigenvalue weighted by molar-refractivity contribution is 7.09. The summed E-state index contributed by atoms with van der Waals surface area (Å²) in [6.07, 6.45) is 0. The van der Waals surface area contributed by atoms with Gasteiger partial charge in [-0.3, -0.25) is 4.79 Å². The molecule has 2 N–H and O–H groups in total. The first-order valence-corrected chi connectivity index (χ1v) is 6.15. The van der Waals surface area contributed by atoms with Crippen molar-refractivity contribution in [3.8, 4) is 0 Å². The Hall–Kier alpha value is -0.980. The maximum Gasteiger partial charge on any atom is 0.270 e. The SMILES string of the molecule is Cc1nc(C(=O)NCC2COCCN2)cs1. The molecule has 1 saturated heterocycles. The van der Waals surface area contributed by atoms with Crippen molar-refractivity contribution >= 4 is 17.2 Å². The number of thiazole rings is 1. The van der Waals surface area contributed by atoms with E-state index in [0.29, 0.717) is 18.8 Å². The number of hydrogen-bond donors (Lipinski definition) is 2. The maximum atomic E-state index is 11.7. The summed E-state index contributed by atoms with van der Waals surface area (Å²) in [4.78, 5) is 15.8. The van der Waals surface area contributed by atoms with Gasteiger partial charge in [0.25, 0.3) is 5.91 Å². The van der Waals surface area contributed by atoms with Gasteiger partial charge in [0.15, 0.2) is 0 Å². The van der Waals surface area contributed by atoms with Crippen molar-refractivity contribution in [2.75, 3.05) is 26.3 Å². The number of hydrogen-bond acceptors (Lipinski definition) is 5. The first-order chi connectivity index (χ1) is 7.75. The largest absolute Gasteiger partial charge is 0.378 e. The highest BCUT2D eigenvalue weighted by Crippen LogP contribution is 2.07. The van der Waals surface area contributed by atoms with Gasteiger partial charge in [-0.15, -0.1) is 11.3 Å². The molecule has 1 amide bonds. The van der Waals surface area contributed by atoms with Gasteiger partial charge in [0.05, 0.1) is 18.2 Å². The summed E-state index contributed by atoms with van der Waals surface area (Å²) in [5.74, 6) is -0.114. The molecule has 0 aliphatic carbocycles. The van der Waals surface area contributed by atoms with Gasteiger partial charge in [0, 0.05) is 24.5 Å². The molecule has 88 valence electrons. The van der Waals surface area contributed by atoms with Gasteiger partial charge in [-0.05, 0) is 6.92 Å². The zero-order valence-corrected chi connectivity index (χ0v) is 9.97. The number of carbonyl (C=O) groups excluding carboxylic acids is 1. The summed E-state index contributed by atoms with van der Waals surface area (Å²) in [7, 11) is 0. The van der Waals surface area contributed by atoms with Crippen molar-refractivity contribution in [2.45, 2.75) is 13.0 Å². The number of morpholine rings is 1. The van der Waals surface area contributed by atoms with Gasteiger partial charge in [0.2, 0.25) is 0 Å². The van der Waals surface area contributed by atoms with Gasteiger partial charge >= 0.3 is 0 Å². The zero-order chi connectivity index (χ0) is 11.4. The van der Waals surface area contributed by atoms with Crippen molar-refractivity contribution in [3.05, 3.63) is 16.1 Å². The van der Waals surface area contributed by atoms with Gasteiger partial charge in [0.1, 0.15) is 5.69 Å². The Labute approximate surface area is 98.2 Å². The molecular formula is C10H15N3O2S. The number of aryl methyl sites for hydroxylation is 1. The average molecular weight is 241 g/mol. The third-order valence-electron chi connectivity index (χ3n) is 2.36. The van der Waals surface area contributed by atoms with Crippen LogP contribution in [0.5, 0.6) is 0 Å². The minimum atomic E-state index is -0.114. The van der Waals surface area contributed by atoms with Crippen LogP contribution in [0.4, 0.5) is 0 Å². The van der Waals surface area contributed by atoms with Gasteiger partial charge < -0.3 is 15.4 Å². The molecule has 0 spiro atoms. The van der Waals surface area contributed by atoms with Gasteiger partial charge in [-0.1, -0.05) is 0 Å². The van der Waals surface area contributed by atoms with E-state index in [1.54, 1.807) is 5.38 Å². The van der Waals surface area contributed by atoms with Crippen molar-refractivity contribution < 1.29 is 9.53 Å². The molecule has 16 heavy (non-hydrogen) atoms. The fourth-order valence-electron chi connectivity index (χ4n) is 1.53. The van der Waals surface area contributed by atoms with Crippen LogP contribution in [-0.4, -0.2) is 43.2 Å². The Morgan fingerprint density at radius 2 is 2.69 bits per heavy atom. The summed E-state index contributed by atoms with van der Waals surface area (Å²) in [5, 5.41) is 8.80. The lowest BCUT2D eigenvalue weighted by atomic mass is 10.2. The Bertz CT molecular complexity index is 361. The molecule has 6 heteroatoms. The van der Waals surface area contributed by atoms with Crippen LogP contribution in [0.1, 0.15) is 15.5 Å². The molecule has 1 atom stereocenters. The smallest absolute Gasteiger partial charge is 0.270 e. The highest BCUT2D eigenvalue weighted by Gasteiger charge is 2.15. The zero-order valence-electron chi connectivity index (χ0n) is 9.16. The second-order valence-electron chi connectivity index (χ2n) is 3.69. The van der Waals surface area contributed by atoms with Crippen LogP contribution in [0.2, 0.25) is 0 Å². The number of rotatable bonds is 3. The first-order valence-electron chi connectivity index (χ1n) is 5.27. The minimum Gasteiger partial charge on any atom is -0.378 e. The molecule has 1 aliphatic heterocycles. The predicted molar refractivity (Wildman–Crippen MR) is 61.8 cm³/mol. The molecule has 2 heterocycles. The summed E-state index contributed by atoms with van der Waals surface area (Å²) in [5.41, 5.74) is 0.499. The quantitative estimate of drug-likeness (QED) is 0.792. The molecule has 5 nitrogen and oxygen atoms in total. The standard InChI is InChI=1S/C10H15N3O2S/c1-7-13-9(6-16-7)10(14)12-4-8-5-15-3-2-11-8/h6,8,11H,2-5H2,1H3,(H,12,14). The van der Waals surface area contributed by atoms with Crippen molar-refractivity contribution in [1.29, 1.82) is 0 Å². The van der Waals surface area contributed by atoms with Crippen molar-refractivity contribution in [2.24, 2.45) is 0 Å². The van der Waals surface area contributed by atoms with Crippen LogP contribution < -0.4 is 10.6 Å². The van der Waals surface area contributed by atoms with Crippen LogP contribution in [0.25, 0.3) is 0 Å². The topological polar surface area (TPSA) is 63.2 Å². The maximum absolute atomic E-state index is 11.7. The second kappa shape index (κ2) is 5.38. The van der Waals surface area contributed by atoms with Crippen LogP contribution in [0.15, 0.2) is 5.38 Å². The van der Waals surface area contributed by atoms with E-state index < -0.39 is 0 Å². The van der Waals surface area contributed by atoms with E-state index >= 15 is 0 Å². The second-order valence-corrected chi connectivity index (χ2v) is 4.75. The number of carbonyl (C=O) groups is 1. The lowest BCUT2D eigenvalue weighted by Crippen LogP contribution is -2.48. The summed E-state index contributed by atoms with van der Waals surface area (Å²) in [6.45, 7) is 4.70. The summed E-state index contributed by atoms with van der Waals surface area (Å²) in [6, 6.07) is 0.206. The van der Waals surface area contributed by atoms with Crippen LogP contribution in [0, 0.1) is 6.92 Å². The summed E-state index contributed by atoms with van der Waals surface area (Å²) >= 11 is 1.48. The fraction of sp³-hybridized carbons (Fsp3) is 0.600. The summed E-state index contributed by atoms with van der Waals surface area (Å²) < 4.78 is 5.30. The Kier molecular flexibility index (Phi) is 3.87. The lowest BCUT2D eigenvalue weighted by molar-refractivity contribution is 0.0733. The molecule has 0 aromatic carbocycles. The van der Waals surface area contributed by atoms with E-state index in [1.807, 2.05) is 6.92 Å². The van der Waals surface area contributed by atoms with Crippen LogP contribution >= 0.6 is 11.3 Å². The molecule has 1 fully saturated rings. The number of ether oxygens (including phenoxy) is 1. The third-order valence-corrected chi connectivity index (χ3v) is 3.13.